The predicted octanol–water partition coefficient (Wildman–Crippen LogP) is 1.05. The first-order valence-corrected chi connectivity index (χ1v) is 6.03. The normalized spacial score (nSPS) is 11.9. The highest BCUT2D eigenvalue weighted by molar-refractivity contribution is 5.97. The number of methoxy groups -OCH3 is 2. The van der Waals surface area contributed by atoms with Gasteiger partial charge in [-0.2, -0.15) is 0 Å². The van der Waals surface area contributed by atoms with Crippen molar-refractivity contribution in [2.24, 2.45) is 5.73 Å². The van der Waals surface area contributed by atoms with E-state index in [0.29, 0.717) is 6.07 Å². The molecule has 8 heteroatoms. The van der Waals surface area contributed by atoms with Crippen LogP contribution in [0, 0.1) is 11.6 Å². The molecule has 0 aliphatic heterocycles. The third-order valence-electron chi connectivity index (χ3n) is 2.69. The Hall–Kier alpha value is -2.06. The zero-order valence-corrected chi connectivity index (χ0v) is 11.6. The van der Waals surface area contributed by atoms with Crippen LogP contribution < -0.4 is 11.1 Å². The number of halogens is 2. The maximum Gasteiger partial charge on any atom is 0.340 e. The Balaban J connectivity index is 2.92. The van der Waals surface area contributed by atoms with Gasteiger partial charge in [0.25, 0.3) is 0 Å². The van der Waals surface area contributed by atoms with Gasteiger partial charge in [0, 0.05) is 19.8 Å². The van der Waals surface area contributed by atoms with Crippen LogP contribution in [0.3, 0.4) is 0 Å². The fraction of sp³-hybridized carbons (Fsp3) is 0.385. The monoisotopic (exact) mass is 302 g/mol. The van der Waals surface area contributed by atoms with Gasteiger partial charge in [-0.15, -0.1) is 0 Å². The lowest BCUT2D eigenvalue weighted by molar-refractivity contribution is -0.117. The highest BCUT2D eigenvalue weighted by Crippen LogP contribution is 2.20. The lowest BCUT2D eigenvalue weighted by Crippen LogP contribution is -2.36. The van der Waals surface area contributed by atoms with Crippen molar-refractivity contribution in [3.63, 3.8) is 0 Å². The van der Waals surface area contributed by atoms with Crippen molar-refractivity contribution in [1.82, 2.24) is 0 Å². The van der Waals surface area contributed by atoms with Gasteiger partial charge in [0.05, 0.1) is 24.4 Å². The van der Waals surface area contributed by atoms with Crippen LogP contribution in [-0.4, -0.2) is 38.7 Å². The summed E-state index contributed by atoms with van der Waals surface area (Å²) in [7, 11) is 2.51. The van der Waals surface area contributed by atoms with E-state index in [1.807, 2.05) is 0 Å². The summed E-state index contributed by atoms with van der Waals surface area (Å²) in [6.45, 7) is 0.258. The SMILES string of the molecule is COCCC(N)C(=O)Nc1cc(C(=O)OC)c(F)cc1F. The molecule has 3 N–H and O–H groups in total. The third-order valence-corrected chi connectivity index (χ3v) is 2.69. The molecule has 1 rings (SSSR count). The maximum atomic E-state index is 13.6. The number of hydrogen-bond donors (Lipinski definition) is 2. The minimum atomic E-state index is -1.08. The molecule has 0 aromatic heterocycles. The Morgan fingerprint density at radius 2 is 1.95 bits per heavy atom. The number of nitrogens with two attached hydrogens (primary N) is 1. The van der Waals surface area contributed by atoms with Crippen molar-refractivity contribution in [2.45, 2.75) is 12.5 Å². The van der Waals surface area contributed by atoms with Crippen LogP contribution in [0.25, 0.3) is 0 Å². The lowest BCUT2D eigenvalue weighted by atomic mass is 10.1. The molecular formula is C13H16F2N2O4. The molecule has 0 saturated heterocycles. The highest BCUT2D eigenvalue weighted by Gasteiger charge is 2.20. The highest BCUT2D eigenvalue weighted by atomic mass is 19.1. The van der Waals surface area contributed by atoms with Crippen LogP contribution in [0.5, 0.6) is 0 Å². The van der Waals surface area contributed by atoms with E-state index < -0.39 is 35.1 Å². The van der Waals surface area contributed by atoms with Gasteiger partial charge in [-0.3, -0.25) is 4.79 Å². The van der Waals surface area contributed by atoms with E-state index in [0.717, 1.165) is 13.2 Å². The lowest BCUT2D eigenvalue weighted by Gasteiger charge is -2.13. The molecule has 1 aromatic rings. The average molecular weight is 302 g/mol. The topological polar surface area (TPSA) is 90.6 Å². The molecule has 0 fully saturated rings. The van der Waals surface area contributed by atoms with Crippen LogP contribution >= 0.6 is 0 Å². The fourth-order valence-corrected chi connectivity index (χ4v) is 1.51. The summed E-state index contributed by atoms with van der Waals surface area (Å²) in [5.74, 6) is -3.76. The third kappa shape index (κ3) is 4.47. The van der Waals surface area contributed by atoms with Crippen molar-refractivity contribution in [2.75, 3.05) is 26.1 Å². The molecule has 0 spiro atoms. The molecule has 116 valence electrons. The first-order valence-electron chi connectivity index (χ1n) is 6.03. The Kier molecular flexibility index (Phi) is 6.19. The molecule has 0 bridgehead atoms. The van der Waals surface area contributed by atoms with Crippen LogP contribution in [0.2, 0.25) is 0 Å². The number of nitrogens with one attached hydrogen (secondary N) is 1. The zero-order chi connectivity index (χ0) is 16.0. The molecular weight excluding hydrogens is 286 g/mol. The first-order chi connectivity index (χ1) is 9.90. The molecule has 21 heavy (non-hydrogen) atoms. The molecule has 1 atom stereocenters. The van der Waals surface area contributed by atoms with Crippen molar-refractivity contribution in [3.05, 3.63) is 29.3 Å². The summed E-state index contributed by atoms with van der Waals surface area (Å²) < 4.78 is 36.2. The van der Waals surface area contributed by atoms with Crippen LogP contribution in [0.15, 0.2) is 12.1 Å². The van der Waals surface area contributed by atoms with Crippen molar-refractivity contribution in [1.29, 1.82) is 0 Å². The van der Waals surface area contributed by atoms with Crippen LogP contribution in [0.1, 0.15) is 16.8 Å². The number of rotatable bonds is 6. The van der Waals surface area contributed by atoms with E-state index in [1.165, 1.54) is 7.11 Å². The van der Waals surface area contributed by atoms with Gasteiger partial charge in [-0.25, -0.2) is 13.6 Å². The minimum absolute atomic E-state index is 0.231. The molecule has 0 radical (unpaired) electrons. The van der Waals surface area contributed by atoms with Gasteiger partial charge in [0.1, 0.15) is 11.6 Å². The van der Waals surface area contributed by atoms with E-state index in [-0.39, 0.29) is 18.7 Å². The Bertz CT molecular complexity index is 537. The second-order valence-electron chi connectivity index (χ2n) is 4.18. The summed E-state index contributed by atoms with van der Waals surface area (Å²) in [5, 5.41) is 2.20. The molecule has 0 heterocycles. The van der Waals surface area contributed by atoms with Crippen molar-refractivity contribution >= 4 is 17.6 Å². The molecule has 6 nitrogen and oxygen atoms in total. The summed E-state index contributed by atoms with van der Waals surface area (Å²) in [6.07, 6.45) is 0.231. The second kappa shape index (κ2) is 7.65. The minimum Gasteiger partial charge on any atom is -0.465 e. The molecule has 0 aliphatic rings. The second-order valence-corrected chi connectivity index (χ2v) is 4.18. The number of carbonyl (C=O) groups is 2. The van der Waals surface area contributed by atoms with E-state index in [2.05, 4.69) is 10.1 Å². The van der Waals surface area contributed by atoms with Gasteiger partial charge in [-0.05, 0) is 12.5 Å². The summed E-state index contributed by atoms with van der Waals surface area (Å²) in [5.41, 5.74) is 4.74. The van der Waals surface area contributed by atoms with E-state index in [9.17, 15) is 18.4 Å². The van der Waals surface area contributed by atoms with E-state index in [1.54, 1.807) is 0 Å². The van der Waals surface area contributed by atoms with Crippen molar-refractivity contribution < 1.29 is 27.8 Å². The maximum absolute atomic E-state index is 13.6. The number of ether oxygens (including phenoxy) is 2. The molecule has 1 unspecified atom stereocenters. The average Bonchev–Trinajstić information content (AvgIpc) is 2.46. The zero-order valence-electron chi connectivity index (χ0n) is 11.6. The first kappa shape index (κ1) is 17.0. The predicted molar refractivity (Wildman–Crippen MR) is 70.8 cm³/mol. The Morgan fingerprint density at radius 3 is 2.52 bits per heavy atom. The largest absolute Gasteiger partial charge is 0.465 e. The molecule has 0 aliphatic carbocycles. The number of anilines is 1. The summed E-state index contributed by atoms with van der Waals surface area (Å²) in [6, 6.07) is 0.427. The van der Waals surface area contributed by atoms with Gasteiger partial charge < -0.3 is 20.5 Å². The fourth-order valence-electron chi connectivity index (χ4n) is 1.51. The quantitative estimate of drug-likeness (QED) is 0.767. The summed E-state index contributed by atoms with van der Waals surface area (Å²) in [4.78, 5) is 23.1. The van der Waals surface area contributed by atoms with Gasteiger partial charge >= 0.3 is 5.97 Å². The number of hydrogen-bond acceptors (Lipinski definition) is 5. The van der Waals surface area contributed by atoms with E-state index >= 15 is 0 Å². The van der Waals surface area contributed by atoms with Crippen molar-refractivity contribution in [3.8, 4) is 0 Å². The number of esters is 1. The standard InChI is InChI=1S/C13H16F2N2O4/c1-20-4-3-10(16)12(18)17-11-5-7(13(19)21-2)8(14)6-9(11)15/h5-6,10H,3-4,16H2,1-2H3,(H,17,18). The summed E-state index contributed by atoms with van der Waals surface area (Å²) >= 11 is 0. The smallest absolute Gasteiger partial charge is 0.340 e. The van der Waals surface area contributed by atoms with Crippen LogP contribution in [0.4, 0.5) is 14.5 Å². The number of amides is 1. The molecule has 1 amide bonds. The van der Waals surface area contributed by atoms with Gasteiger partial charge in [0.2, 0.25) is 5.91 Å². The molecule has 0 saturated carbocycles. The molecule has 1 aromatic carbocycles. The Labute approximate surface area is 120 Å². The van der Waals surface area contributed by atoms with Gasteiger partial charge in [0.15, 0.2) is 0 Å². The number of benzene rings is 1. The van der Waals surface area contributed by atoms with E-state index in [4.69, 9.17) is 10.5 Å². The Morgan fingerprint density at radius 1 is 1.29 bits per heavy atom. The van der Waals surface area contributed by atoms with Gasteiger partial charge in [-0.1, -0.05) is 0 Å². The number of carbonyl (C=O) groups excluding carboxylic acids is 2. The van der Waals surface area contributed by atoms with Crippen LogP contribution in [-0.2, 0) is 14.3 Å².